The zero-order valence-corrected chi connectivity index (χ0v) is 10.7. The van der Waals surface area contributed by atoms with Gasteiger partial charge in [0.15, 0.2) is 0 Å². The molecule has 1 fully saturated rings. The molecule has 0 amide bonds. The van der Waals surface area contributed by atoms with Crippen molar-refractivity contribution < 1.29 is 57.8 Å². The Labute approximate surface area is 119 Å². The molecule has 0 aromatic carbocycles. The lowest BCUT2D eigenvalue weighted by atomic mass is 10.0. The Kier molecular flexibility index (Phi) is 3.81. The van der Waals surface area contributed by atoms with Crippen molar-refractivity contribution in [3.8, 4) is 0 Å². The molecule has 0 unspecified atom stereocenters. The predicted octanol–water partition coefficient (Wildman–Crippen LogP) is 3.96. The van der Waals surface area contributed by atoms with Gasteiger partial charge in [-0.25, -0.2) is 9.18 Å². The van der Waals surface area contributed by atoms with Gasteiger partial charge in [-0.15, -0.1) is 0 Å². The van der Waals surface area contributed by atoms with Gasteiger partial charge < -0.3 is 4.74 Å². The lowest BCUT2D eigenvalue weighted by molar-refractivity contribution is -0.401. The van der Waals surface area contributed by atoms with Crippen molar-refractivity contribution in [2.24, 2.45) is 0 Å². The quantitative estimate of drug-likeness (QED) is 0.418. The molecule has 13 heteroatoms. The van der Waals surface area contributed by atoms with Gasteiger partial charge in [0.25, 0.3) is 0 Å². The SMILES string of the molecule is C=C(C)C(=O)OC(F)(F)C(F)(F)C(F)(F)C1(F)C(F)(F)C1(F)F. The van der Waals surface area contributed by atoms with Crippen LogP contribution in [0.4, 0.5) is 48.3 Å². The summed E-state index contributed by atoms with van der Waals surface area (Å²) in [5.74, 6) is -29.5. The fourth-order valence-electron chi connectivity index (χ4n) is 1.45. The zero-order valence-electron chi connectivity index (χ0n) is 10.7. The van der Waals surface area contributed by atoms with Crippen LogP contribution < -0.4 is 0 Å². The first kappa shape index (κ1) is 19.5. The fourth-order valence-corrected chi connectivity index (χ4v) is 1.45. The number of carbonyl (C=O) groups excluding carboxylic acids is 1. The number of rotatable bonds is 5. The highest BCUT2D eigenvalue weighted by molar-refractivity contribution is 5.87. The summed E-state index contributed by atoms with van der Waals surface area (Å²) in [7, 11) is 0. The van der Waals surface area contributed by atoms with E-state index in [1.54, 1.807) is 0 Å². The molecule has 1 aliphatic carbocycles. The van der Waals surface area contributed by atoms with Crippen LogP contribution in [0.25, 0.3) is 0 Å². The summed E-state index contributed by atoms with van der Waals surface area (Å²) in [5, 5.41) is 0. The molecule has 0 aromatic heterocycles. The van der Waals surface area contributed by atoms with Crippen molar-refractivity contribution in [3.63, 3.8) is 0 Å². The summed E-state index contributed by atoms with van der Waals surface area (Å²) in [6.07, 6.45) is -6.58. The first-order valence-corrected chi connectivity index (χ1v) is 5.29. The number of hydrogen-bond donors (Lipinski definition) is 0. The summed E-state index contributed by atoms with van der Waals surface area (Å²) in [4.78, 5) is 10.7. The average molecular weight is 366 g/mol. The second-order valence-corrected chi connectivity index (χ2v) is 4.64. The van der Waals surface area contributed by atoms with Gasteiger partial charge in [0.1, 0.15) is 0 Å². The molecule has 0 saturated heterocycles. The van der Waals surface area contributed by atoms with Gasteiger partial charge in [0.05, 0.1) is 0 Å². The van der Waals surface area contributed by atoms with E-state index >= 15 is 0 Å². The highest BCUT2D eigenvalue weighted by Crippen LogP contribution is 2.76. The molecule has 0 radical (unpaired) electrons. The van der Waals surface area contributed by atoms with Crippen LogP contribution in [0.1, 0.15) is 6.92 Å². The summed E-state index contributed by atoms with van der Waals surface area (Å²) < 4.78 is 144. The van der Waals surface area contributed by atoms with Crippen LogP contribution >= 0.6 is 0 Å². The highest BCUT2D eigenvalue weighted by atomic mass is 19.4. The number of hydrogen-bond acceptors (Lipinski definition) is 2. The van der Waals surface area contributed by atoms with E-state index in [-0.39, 0.29) is 0 Å². The van der Waals surface area contributed by atoms with Gasteiger partial charge in [0.2, 0.25) is 0 Å². The molecule has 0 aliphatic heterocycles. The molecule has 1 rings (SSSR count). The van der Waals surface area contributed by atoms with Crippen LogP contribution in [-0.4, -0.2) is 41.4 Å². The largest absolute Gasteiger partial charge is 0.473 e. The van der Waals surface area contributed by atoms with Crippen LogP contribution in [0.5, 0.6) is 0 Å². The van der Waals surface area contributed by atoms with Crippen molar-refractivity contribution in [2.75, 3.05) is 0 Å². The first-order valence-electron chi connectivity index (χ1n) is 5.29. The molecular formula is C10H5F11O2. The molecule has 1 aliphatic rings. The van der Waals surface area contributed by atoms with Crippen molar-refractivity contribution in [2.45, 2.75) is 42.4 Å². The van der Waals surface area contributed by atoms with E-state index in [1.165, 1.54) is 0 Å². The van der Waals surface area contributed by atoms with Gasteiger partial charge in [-0.1, -0.05) is 6.58 Å². The first-order chi connectivity index (χ1) is 9.83. The minimum absolute atomic E-state index is 0.620. The molecule has 0 aromatic rings. The molecule has 2 nitrogen and oxygen atoms in total. The summed E-state index contributed by atoms with van der Waals surface area (Å²) in [6.45, 7) is 3.26. The Morgan fingerprint density at radius 1 is 0.913 bits per heavy atom. The third kappa shape index (κ3) is 1.97. The number of alkyl halides is 11. The number of halogens is 11. The van der Waals surface area contributed by atoms with Gasteiger partial charge in [0, 0.05) is 5.57 Å². The van der Waals surface area contributed by atoms with Crippen molar-refractivity contribution >= 4 is 5.97 Å². The van der Waals surface area contributed by atoms with E-state index < -0.39 is 47.0 Å². The summed E-state index contributed by atoms with van der Waals surface area (Å²) in [5.41, 5.74) is -7.59. The Morgan fingerprint density at radius 3 is 1.52 bits per heavy atom. The fraction of sp³-hybridized carbons (Fsp3) is 0.700. The normalized spacial score (nSPS) is 22.4. The van der Waals surface area contributed by atoms with Crippen LogP contribution in [0.3, 0.4) is 0 Å². The highest BCUT2D eigenvalue weighted by Gasteiger charge is 3.10. The third-order valence-corrected chi connectivity index (χ3v) is 2.96. The molecule has 0 heterocycles. The van der Waals surface area contributed by atoms with Crippen LogP contribution in [0.2, 0.25) is 0 Å². The summed E-state index contributed by atoms with van der Waals surface area (Å²) >= 11 is 0. The Hall–Kier alpha value is -1.56. The monoisotopic (exact) mass is 366 g/mol. The maximum atomic E-state index is 13.1. The van der Waals surface area contributed by atoms with Crippen LogP contribution in [0, 0.1) is 0 Å². The Bertz CT molecular complexity index is 537. The number of ether oxygens (including phenoxy) is 1. The molecule has 23 heavy (non-hydrogen) atoms. The van der Waals surface area contributed by atoms with Crippen molar-refractivity contribution in [1.82, 2.24) is 0 Å². The number of esters is 1. The van der Waals surface area contributed by atoms with Gasteiger partial charge in [-0.05, 0) is 6.92 Å². The molecule has 0 spiro atoms. The molecule has 134 valence electrons. The standard InChI is InChI=1S/C10H5F11O2/c1-3(2)4(22)23-10(20,21)9(18,19)8(16,17)5(11)6(12,13)7(5,14)15/h1H2,2H3. The average Bonchev–Trinajstić information content (AvgIpc) is 2.66. The van der Waals surface area contributed by atoms with Gasteiger partial charge in [-0.3, -0.25) is 0 Å². The minimum atomic E-state index is -7.29. The second-order valence-electron chi connectivity index (χ2n) is 4.64. The van der Waals surface area contributed by atoms with E-state index in [0.29, 0.717) is 6.92 Å². The summed E-state index contributed by atoms with van der Waals surface area (Å²) in [6, 6.07) is 0. The smallest absolute Gasteiger partial charge is 0.393 e. The second kappa shape index (κ2) is 4.50. The van der Waals surface area contributed by atoms with Crippen LogP contribution in [0.15, 0.2) is 12.2 Å². The Balaban J connectivity index is 3.32. The molecule has 0 atom stereocenters. The van der Waals surface area contributed by atoms with Crippen LogP contribution in [-0.2, 0) is 9.53 Å². The van der Waals surface area contributed by atoms with E-state index in [2.05, 4.69) is 11.3 Å². The maximum Gasteiger partial charge on any atom is 0.473 e. The topological polar surface area (TPSA) is 26.3 Å². The van der Waals surface area contributed by atoms with E-state index in [1.807, 2.05) is 0 Å². The van der Waals surface area contributed by atoms with Gasteiger partial charge in [-0.2, -0.15) is 43.9 Å². The van der Waals surface area contributed by atoms with Crippen molar-refractivity contribution in [1.29, 1.82) is 0 Å². The number of carbonyl (C=O) groups is 1. The van der Waals surface area contributed by atoms with Crippen molar-refractivity contribution in [3.05, 3.63) is 12.2 Å². The van der Waals surface area contributed by atoms with E-state index in [0.717, 1.165) is 0 Å². The third-order valence-electron chi connectivity index (χ3n) is 2.96. The lowest BCUT2D eigenvalue weighted by Gasteiger charge is -2.33. The molecule has 1 saturated carbocycles. The van der Waals surface area contributed by atoms with E-state index in [9.17, 15) is 53.1 Å². The Morgan fingerprint density at radius 2 is 1.26 bits per heavy atom. The molecule has 0 bridgehead atoms. The molecule has 0 N–H and O–H groups in total. The minimum Gasteiger partial charge on any atom is -0.393 e. The van der Waals surface area contributed by atoms with Gasteiger partial charge >= 0.3 is 41.4 Å². The lowest BCUT2D eigenvalue weighted by Crippen LogP contribution is -2.62. The maximum absolute atomic E-state index is 13.1. The predicted molar refractivity (Wildman–Crippen MR) is 49.5 cm³/mol. The molecular weight excluding hydrogens is 361 g/mol. The zero-order chi connectivity index (χ0) is 18.9. The van der Waals surface area contributed by atoms with E-state index in [4.69, 9.17) is 0 Å².